The first-order chi connectivity index (χ1) is 10.5. The molecule has 0 spiro atoms. The number of hydrogen-bond donors (Lipinski definition) is 1. The number of rotatable bonds is 3. The van der Waals surface area contributed by atoms with Crippen LogP contribution in [0.3, 0.4) is 0 Å². The molecule has 1 aromatic rings. The fraction of sp³-hybridized carbons (Fsp3) is 0.533. The van der Waals surface area contributed by atoms with Crippen LogP contribution in [0.15, 0.2) is 12.1 Å². The maximum absolute atomic E-state index is 12.3. The lowest BCUT2D eigenvalue weighted by atomic mass is 9.98. The molecule has 0 radical (unpaired) electrons. The molecule has 1 aromatic carbocycles. The van der Waals surface area contributed by atoms with Gasteiger partial charge in [0.15, 0.2) is 6.61 Å². The van der Waals surface area contributed by atoms with Gasteiger partial charge < -0.3 is 15.4 Å². The first kappa shape index (κ1) is 18.9. The molecule has 8 heteroatoms. The Labute approximate surface area is 156 Å². The molecular formula is C15H18Cl4N2O2. The molecule has 2 aliphatic rings. The van der Waals surface area contributed by atoms with Crippen molar-refractivity contribution < 1.29 is 9.53 Å². The van der Waals surface area contributed by atoms with Crippen molar-refractivity contribution in [2.75, 3.05) is 19.7 Å². The van der Waals surface area contributed by atoms with Crippen LogP contribution in [-0.2, 0) is 4.79 Å². The van der Waals surface area contributed by atoms with E-state index in [1.165, 1.54) is 12.1 Å². The van der Waals surface area contributed by atoms with Gasteiger partial charge in [0.05, 0.1) is 15.1 Å². The highest BCUT2D eigenvalue weighted by Gasteiger charge is 2.42. The summed E-state index contributed by atoms with van der Waals surface area (Å²) in [7, 11) is 0. The van der Waals surface area contributed by atoms with Gasteiger partial charge in [0, 0.05) is 25.2 Å². The van der Waals surface area contributed by atoms with Gasteiger partial charge in [-0.25, -0.2) is 0 Å². The number of fused-ring (bicyclic) bond motifs is 1. The number of likely N-dealkylation sites (tertiary alicyclic amines) is 1. The third kappa shape index (κ3) is 3.99. The minimum Gasteiger partial charge on any atom is -0.482 e. The second-order valence-electron chi connectivity index (χ2n) is 5.95. The Morgan fingerprint density at radius 3 is 2.57 bits per heavy atom. The summed E-state index contributed by atoms with van der Waals surface area (Å²) in [6.07, 6.45) is 2.17. The molecule has 1 saturated carbocycles. The van der Waals surface area contributed by atoms with E-state index in [9.17, 15) is 4.79 Å². The summed E-state index contributed by atoms with van der Waals surface area (Å²) in [5.74, 6) is 1.27. The Kier molecular flexibility index (Phi) is 6.31. The molecule has 1 heterocycles. The van der Waals surface area contributed by atoms with Gasteiger partial charge in [0.2, 0.25) is 0 Å². The van der Waals surface area contributed by atoms with Gasteiger partial charge in [-0.05, 0) is 30.7 Å². The number of hydrogen-bond acceptors (Lipinski definition) is 3. The van der Waals surface area contributed by atoms with Crippen LogP contribution in [0.5, 0.6) is 5.75 Å². The zero-order valence-corrected chi connectivity index (χ0v) is 15.4. The summed E-state index contributed by atoms with van der Waals surface area (Å²) in [6, 6.07) is 3.24. The van der Waals surface area contributed by atoms with Gasteiger partial charge in [0.1, 0.15) is 5.75 Å². The Balaban J connectivity index is 0.00000192. The Hall–Kier alpha value is -0.390. The van der Waals surface area contributed by atoms with Gasteiger partial charge >= 0.3 is 0 Å². The zero-order chi connectivity index (χ0) is 15.9. The number of carbonyl (C=O) groups is 1. The van der Waals surface area contributed by atoms with Crippen molar-refractivity contribution in [1.82, 2.24) is 4.90 Å². The van der Waals surface area contributed by atoms with E-state index in [0.29, 0.717) is 32.7 Å². The van der Waals surface area contributed by atoms with Gasteiger partial charge in [-0.1, -0.05) is 34.8 Å². The predicted molar refractivity (Wildman–Crippen MR) is 95.0 cm³/mol. The fourth-order valence-corrected chi connectivity index (χ4v) is 3.95. The molecule has 0 bridgehead atoms. The minimum absolute atomic E-state index is 0. The van der Waals surface area contributed by atoms with Crippen molar-refractivity contribution in [1.29, 1.82) is 0 Å². The van der Waals surface area contributed by atoms with Crippen molar-refractivity contribution in [3.05, 3.63) is 27.2 Å². The van der Waals surface area contributed by atoms with Crippen LogP contribution in [-0.4, -0.2) is 36.5 Å². The van der Waals surface area contributed by atoms with Gasteiger partial charge in [0.25, 0.3) is 5.91 Å². The van der Waals surface area contributed by atoms with Crippen molar-refractivity contribution in [2.45, 2.75) is 18.9 Å². The minimum atomic E-state index is -0.0631. The Morgan fingerprint density at radius 2 is 1.87 bits per heavy atom. The summed E-state index contributed by atoms with van der Waals surface area (Å²) < 4.78 is 5.50. The molecular weight excluding hydrogens is 382 g/mol. The highest BCUT2D eigenvalue weighted by molar-refractivity contribution is 6.43. The van der Waals surface area contributed by atoms with E-state index >= 15 is 0 Å². The number of nitrogens with zero attached hydrogens (tertiary/aromatic N) is 1. The third-order valence-corrected chi connectivity index (χ3v) is 5.61. The molecule has 3 unspecified atom stereocenters. The molecule has 23 heavy (non-hydrogen) atoms. The summed E-state index contributed by atoms with van der Waals surface area (Å²) >= 11 is 17.8. The molecule has 2 N–H and O–H groups in total. The lowest BCUT2D eigenvalue weighted by Gasteiger charge is -2.19. The molecule has 128 valence electrons. The van der Waals surface area contributed by atoms with Crippen LogP contribution in [0.1, 0.15) is 12.8 Å². The number of ether oxygens (including phenoxy) is 1. The highest BCUT2D eigenvalue weighted by atomic mass is 35.5. The second kappa shape index (κ2) is 7.66. The number of halogens is 4. The van der Waals surface area contributed by atoms with Crippen molar-refractivity contribution in [3.8, 4) is 5.75 Å². The molecule has 0 aromatic heterocycles. The standard InChI is InChI=1S/C15H17Cl3N2O2.ClH/c16-10-3-12(18)14(4-11(10)17)22-7-15(21)20-5-8-1-2-13(19)9(8)6-20;/h3-4,8-9,13H,1-2,5-7,19H2;1H. The van der Waals surface area contributed by atoms with E-state index in [4.69, 9.17) is 45.3 Å². The maximum Gasteiger partial charge on any atom is 0.260 e. The van der Waals surface area contributed by atoms with E-state index in [2.05, 4.69) is 0 Å². The Bertz CT molecular complexity index is 599. The first-order valence-corrected chi connectivity index (χ1v) is 8.40. The quantitative estimate of drug-likeness (QED) is 0.789. The average Bonchev–Trinajstić information content (AvgIpc) is 3.04. The second-order valence-corrected chi connectivity index (χ2v) is 7.17. The lowest BCUT2D eigenvalue weighted by Crippen LogP contribution is -2.36. The first-order valence-electron chi connectivity index (χ1n) is 7.26. The summed E-state index contributed by atoms with van der Waals surface area (Å²) in [4.78, 5) is 14.1. The van der Waals surface area contributed by atoms with Crippen molar-refractivity contribution in [3.63, 3.8) is 0 Å². The van der Waals surface area contributed by atoms with Crippen LogP contribution >= 0.6 is 47.2 Å². The van der Waals surface area contributed by atoms with Crippen LogP contribution in [0.25, 0.3) is 0 Å². The molecule has 4 nitrogen and oxygen atoms in total. The van der Waals surface area contributed by atoms with Crippen LogP contribution in [0, 0.1) is 11.8 Å². The molecule has 2 fully saturated rings. The summed E-state index contributed by atoms with van der Waals surface area (Å²) in [5, 5.41) is 1.03. The smallest absolute Gasteiger partial charge is 0.260 e. The van der Waals surface area contributed by atoms with Crippen LogP contribution in [0.4, 0.5) is 0 Å². The summed E-state index contributed by atoms with van der Waals surface area (Å²) in [6.45, 7) is 1.44. The molecule has 1 aliphatic heterocycles. The number of amides is 1. The lowest BCUT2D eigenvalue weighted by molar-refractivity contribution is -0.132. The maximum atomic E-state index is 12.3. The molecule has 1 saturated heterocycles. The predicted octanol–water partition coefficient (Wildman–Crippen LogP) is 3.64. The molecule has 3 atom stereocenters. The Morgan fingerprint density at radius 1 is 1.17 bits per heavy atom. The zero-order valence-electron chi connectivity index (χ0n) is 12.3. The number of nitrogens with two attached hydrogens (primary N) is 1. The van der Waals surface area contributed by atoms with Crippen LogP contribution < -0.4 is 10.5 Å². The SMILES string of the molecule is Cl.NC1CCC2CN(C(=O)COc3cc(Cl)c(Cl)cc3Cl)CC12. The van der Waals surface area contributed by atoms with E-state index in [-0.39, 0.29) is 31.0 Å². The topological polar surface area (TPSA) is 55.6 Å². The molecule has 1 aliphatic carbocycles. The highest BCUT2D eigenvalue weighted by Crippen LogP contribution is 2.37. The van der Waals surface area contributed by atoms with E-state index < -0.39 is 0 Å². The van der Waals surface area contributed by atoms with Gasteiger partial charge in [-0.3, -0.25) is 4.79 Å². The van der Waals surface area contributed by atoms with Crippen LogP contribution in [0.2, 0.25) is 15.1 Å². The third-order valence-electron chi connectivity index (χ3n) is 4.59. The van der Waals surface area contributed by atoms with E-state index in [0.717, 1.165) is 25.9 Å². The number of benzene rings is 1. The molecule has 3 rings (SSSR count). The largest absolute Gasteiger partial charge is 0.482 e. The monoisotopic (exact) mass is 398 g/mol. The van der Waals surface area contributed by atoms with Crippen molar-refractivity contribution in [2.24, 2.45) is 17.6 Å². The fourth-order valence-electron chi connectivity index (χ4n) is 3.36. The normalized spacial score (nSPS) is 25.9. The molecule has 1 amide bonds. The summed E-state index contributed by atoms with van der Waals surface area (Å²) in [5.41, 5.74) is 6.08. The van der Waals surface area contributed by atoms with Crippen molar-refractivity contribution >= 4 is 53.1 Å². The van der Waals surface area contributed by atoms with E-state index in [1.54, 1.807) is 0 Å². The van der Waals surface area contributed by atoms with E-state index in [1.807, 2.05) is 4.90 Å². The number of carbonyl (C=O) groups excluding carboxylic acids is 1. The average molecular weight is 400 g/mol. The van der Waals surface area contributed by atoms with Gasteiger partial charge in [-0.15, -0.1) is 12.4 Å². The van der Waals surface area contributed by atoms with Gasteiger partial charge in [-0.2, -0.15) is 0 Å².